The minimum Gasteiger partial charge on any atom is -0.338 e. The highest BCUT2D eigenvalue weighted by Gasteiger charge is 2.16. The largest absolute Gasteiger partial charge is 0.338 e. The molecule has 27 heavy (non-hydrogen) atoms. The zero-order chi connectivity index (χ0) is 18.8. The lowest BCUT2D eigenvalue weighted by molar-refractivity contribution is 0.102. The zero-order valence-corrected chi connectivity index (χ0v) is 14.8. The van der Waals surface area contributed by atoms with Crippen LogP contribution in [0.25, 0.3) is 22.4 Å². The van der Waals surface area contributed by atoms with E-state index in [1.165, 1.54) is 0 Å². The Balaban J connectivity index is 1.78. The highest BCUT2D eigenvalue weighted by molar-refractivity contribution is 6.32. The predicted octanol–water partition coefficient (Wildman–Crippen LogP) is 5.01. The van der Waals surface area contributed by atoms with Gasteiger partial charge in [0.1, 0.15) is 11.3 Å². The van der Waals surface area contributed by atoms with Gasteiger partial charge in [0.2, 0.25) is 0 Å². The van der Waals surface area contributed by atoms with Crippen LogP contribution in [0.5, 0.6) is 0 Å². The van der Waals surface area contributed by atoms with E-state index in [1.807, 2.05) is 36.4 Å². The third-order valence-corrected chi connectivity index (χ3v) is 4.31. The molecule has 0 radical (unpaired) electrons. The SMILES string of the molecule is N#Cc1cccc(-c2nc3c(C(=O)Nc4ccccc4)cc(Cl)cc3[nH]2)c1. The first-order valence-corrected chi connectivity index (χ1v) is 8.58. The first-order chi connectivity index (χ1) is 13.1. The molecule has 0 atom stereocenters. The Bertz CT molecular complexity index is 1190. The summed E-state index contributed by atoms with van der Waals surface area (Å²) in [5, 5.41) is 12.4. The van der Waals surface area contributed by atoms with Crippen LogP contribution in [0.3, 0.4) is 0 Å². The van der Waals surface area contributed by atoms with Crippen molar-refractivity contribution in [3.8, 4) is 17.5 Å². The van der Waals surface area contributed by atoms with Crippen molar-refractivity contribution in [1.29, 1.82) is 5.26 Å². The molecule has 0 aliphatic rings. The predicted molar refractivity (Wildman–Crippen MR) is 106 cm³/mol. The second-order valence-corrected chi connectivity index (χ2v) is 6.38. The molecule has 4 rings (SSSR count). The Morgan fingerprint density at radius 2 is 1.89 bits per heavy atom. The van der Waals surface area contributed by atoms with Gasteiger partial charge in [-0.3, -0.25) is 4.79 Å². The molecular weight excluding hydrogens is 360 g/mol. The summed E-state index contributed by atoms with van der Waals surface area (Å²) >= 11 is 6.20. The van der Waals surface area contributed by atoms with Gasteiger partial charge in [0, 0.05) is 16.3 Å². The number of halogens is 1. The number of carbonyl (C=O) groups excluding carboxylic acids is 1. The smallest absolute Gasteiger partial charge is 0.257 e. The fourth-order valence-electron chi connectivity index (χ4n) is 2.85. The Morgan fingerprint density at radius 3 is 2.67 bits per heavy atom. The Morgan fingerprint density at radius 1 is 1.07 bits per heavy atom. The number of amides is 1. The topological polar surface area (TPSA) is 81.6 Å². The minimum absolute atomic E-state index is 0.294. The van der Waals surface area contributed by atoms with Crippen LogP contribution in [0.2, 0.25) is 5.02 Å². The van der Waals surface area contributed by atoms with Crippen LogP contribution in [-0.2, 0) is 0 Å². The van der Waals surface area contributed by atoms with Gasteiger partial charge in [-0.05, 0) is 36.4 Å². The summed E-state index contributed by atoms with van der Waals surface area (Å²) in [6.45, 7) is 0. The number of nitrogens with zero attached hydrogens (tertiary/aromatic N) is 2. The number of rotatable bonds is 3. The number of nitrogens with one attached hydrogen (secondary N) is 2. The van der Waals surface area contributed by atoms with E-state index < -0.39 is 0 Å². The normalized spacial score (nSPS) is 10.5. The highest BCUT2D eigenvalue weighted by Crippen LogP contribution is 2.27. The molecule has 4 aromatic rings. The fourth-order valence-corrected chi connectivity index (χ4v) is 3.07. The van der Waals surface area contributed by atoms with E-state index in [2.05, 4.69) is 21.4 Å². The maximum atomic E-state index is 12.8. The van der Waals surface area contributed by atoms with Crippen molar-refractivity contribution in [3.63, 3.8) is 0 Å². The van der Waals surface area contributed by atoms with E-state index in [-0.39, 0.29) is 5.91 Å². The van der Waals surface area contributed by atoms with Crippen LogP contribution >= 0.6 is 11.6 Å². The molecule has 0 bridgehead atoms. The molecule has 1 amide bonds. The lowest BCUT2D eigenvalue weighted by Crippen LogP contribution is -2.12. The summed E-state index contributed by atoms with van der Waals surface area (Å²) in [5.74, 6) is 0.274. The van der Waals surface area contributed by atoms with Crippen molar-refractivity contribution in [2.24, 2.45) is 0 Å². The zero-order valence-electron chi connectivity index (χ0n) is 14.0. The number of nitriles is 1. The van der Waals surface area contributed by atoms with Gasteiger partial charge >= 0.3 is 0 Å². The number of fused-ring (bicyclic) bond motifs is 1. The standard InChI is InChI=1S/C21H13ClN4O/c22-15-10-17(21(27)24-16-7-2-1-3-8-16)19-18(11-15)25-20(26-19)14-6-4-5-13(9-14)12-23/h1-11H,(H,24,27)(H,25,26). The number of carbonyl (C=O) groups is 1. The molecule has 0 spiro atoms. The summed E-state index contributed by atoms with van der Waals surface area (Å²) in [6, 6.07) is 21.7. The molecule has 2 N–H and O–H groups in total. The molecule has 1 aromatic heterocycles. The molecule has 0 aliphatic carbocycles. The van der Waals surface area contributed by atoms with Gasteiger partial charge in [0.15, 0.2) is 0 Å². The monoisotopic (exact) mass is 372 g/mol. The van der Waals surface area contributed by atoms with Crippen LogP contribution in [0.15, 0.2) is 66.7 Å². The fraction of sp³-hybridized carbons (Fsp3) is 0. The number of imidazole rings is 1. The molecule has 0 saturated carbocycles. The lowest BCUT2D eigenvalue weighted by atomic mass is 10.1. The Labute approximate surface area is 160 Å². The van der Waals surface area contributed by atoms with Gasteiger partial charge in [-0.15, -0.1) is 0 Å². The maximum Gasteiger partial charge on any atom is 0.257 e. The number of hydrogen-bond donors (Lipinski definition) is 2. The highest BCUT2D eigenvalue weighted by atomic mass is 35.5. The van der Waals surface area contributed by atoms with Crippen LogP contribution in [-0.4, -0.2) is 15.9 Å². The Kier molecular flexibility index (Phi) is 4.33. The van der Waals surface area contributed by atoms with E-state index in [4.69, 9.17) is 16.9 Å². The van der Waals surface area contributed by atoms with E-state index >= 15 is 0 Å². The third-order valence-electron chi connectivity index (χ3n) is 4.09. The number of aromatic nitrogens is 2. The molecule has 6 heteroatoms. The van der Waals surface area contributed by atoms with E-state index in [9.17, 15) is 4.79 Å². The second-order valence-electron chi connectivity index (χ2n) is 5.95. The molecule has 3 aromatic carbocycles. The third kappa shape index (κ3) is 3.39. The van der Waals surface area contributed by atoms with E-state index in [0.29, 0.717) is 38.7 Å². The number of benzene rings is 3. The molecule has 0 saturated heterocycles. The summed E-state index contributed by atoms with van der Waals surface area (Å²) in [4.78, 5) is 20.5. The van der Waals surface area contributed by atoms with Gasteiger partial charge in [-0.2, -0.15) is 5.26 Å². The molecule has 5 nitrogen and oxygen atoms in total. The summed E-state index contributed by atoms with van der Waals surface area (Å²) in [5.41, 5.74) is 3.53. The Hall–Kier alpha value is -3.62. The number of aromatic amines is 1. The first-order valence-electron chi connectivity index (χ1n) is 8.20. The molecule has 0 fully saturated rings. The van der Waals surface area contributed by atoms with Crippen molar-refractivity contribution in [2.45, 2.75) is 0 Å². The van der Waals surface area contributed by atoms with Crippen LogP contribution in [0.1, 0.15) is 15.9 Å². The number of anilines is 1. The van der Waals surface area contributed by atoms with E-state index in [0.717, 1.165) is 5.56 Å². The van der Waals surface area contributed by atoms with Gasteiger partial charge in [-0.1, -0.05) is 41.9 Å². The molecular formula is C21H13ClN4O. The maximum absolute atomic E-state index is 12.8. The van der Waals surface area contributed by atoms with Crippen LogP contribution in [0, 0.1) is 11.3 Å². The lowest BCUT2D eigenvalue weighted by Gasteiger charge is -2.06. The quantitative estimate of drug-likeness (QED) is 0.530. The van der Waals surface area contributed by atoms with Gasteiger partial charge in [0.25, 0.3) is 5.91 Å². The average Bonchev–Trinajstić information content (AvgIpc) is 3.12. The van der Waals surface area contributed by atoms with E-state index in [1.54, 1.807) is 30.3 Å². The number of hydrogen-bond acceptors (Lipinski definition) is 3. The minimum atomic E-state index is -0.294. The molecule has 0 aliphatic heterocycles. The second kappa shape index (κ2) is 6.94. The molecule has 130 valence electrons. The van der Waals surface area contributed by atoms with Crippen molar-refractivity contribution in [2.75, 3.05) is 5.32 Å². The number of H-pyrrole nitrogens is 1. The average molecular weight is 373 g/mol. The van der Waals surface area contributed by atoms with Crippen molar-refractivity contribution < 1.29 is 4.79 Å². The molecule has 0 unspecified atom stereocenters. The van der Waals surface area contributed by atoms with Gasteiger partial charge < -0.3 is 10.3 Å². The van der Waals surface area contributed by atoms with Crippen molar-refractivity contribution in [3.05, 3.63) is 82.9 Å². The number of para-hydroxylation sites is 1. The van der Waals surface area contributed by atoms with Crippen LogP contribution < -0.4 is 5.32 Å². The van der Waals surface area contributed by atoms with Crippen LogP contribution in [0.4, 0.5) is 5.69 Å². The summed E-state index contributed by atoms with van der Waals surface area (Å²) in [6.07, 6.45) is 0. The van der Waals surface area contributed by atoms with Gasteiger partial charge in [0.05, 0.1) is 22.7 Å². The van der Waals surface area contributed by atoms with Crippen molar-refractivity contribution in [1.82, 2.24) is 9.97 Å². The summed E-state index contributed by atoms with van der Waals surface area (Å²) in [7, 11) is 0. The van der Waals surface area contributed by atoms with Crippen molar-refractivity contribution >= 4 is 34.2 Å². The summed E-state index contributed by atoms with van der Waals surface area (Å²) < 4.78 is 0. The molecule has 1 heterocycles. The first kappa shape index (κ1) is 16.8. The van der Waals surface area contributed by atoms with Gasteiger partial charge in [-0.25, -0.2) is 4.98 Å².